The third-order valence-corrected chi connectivity index (χ3v) is 8.73. The molecule has 2 amide bonds. The zero-order valence-corrected chi connectivity index (χ0v) is 21.0. The Kier molecular flexibility index (Phi) is 7.35. The van der Waals surface area contributed by atoms with Crippen molar-refractivity contribution in [2.24, 2.45) is 23.2 Å². The number of nitrogens with zero attached hydrogens (tertiary/aromatic N) is 2. The van der Waals surface area contributed by atoms with Crippen molar-refractivity contribution in [1.29, 1.82) is 0 Å². The van der Waals surface area contributed by atoms with Crippen LogP contribution in [0, 0.1) is 23.2 Å². The van der Waals surface area contributed by atoms with Crippen molar-refractivity contribution in [3.05, 3.63) is 40.7 Å². The molecule has 1 fully saturated rings. The average molecular weight is 487 g/mol. The number of pyridine rings is 1. The number of hydrogen-bond acceptors (Lipinski definition) is 7. The lowest BCUT2D eigenvalue weighted by Gasteiger charge is -2.53. The summed E-state index contributed by atoms with van der Waals surface area (Å²) in [6, 6.07) is 3.34. The maximum absolute atomic E-state index is 12.7. The lowest BCUT2D eigenvalue weighted by molar-refractivity contribution is -0.135. The molecule has 9 heteroatoms. The Morgan fingerprint density at radius 2 is 2.09 bits per heavy atom. The van der Waals surface area contributed by atoms with Gasteiger partial charge in [0.2, 0.25) is 5.91 Å². The third-order valence-electron chi connectivity index (χ3n) is 7.75. The summed E-state index contributed by atoms with van der Waals surface area (Å²) in [5.74, 6) is -0.608. The SMILES string of the molecule is COCCNC(=O)[C@@H](C)[C@H]1CC[C@@]2(C)Cc3sc(NC(=O)c4ccncc4)nc3[C@@H](C)[C@@H]2[C@H]1O. The highest BCUT2D eigenvalue weighted by Gasteiger charge is 2.53. The van der Waals surface area contributed by atoms with E-state index in [1.165, 1.54) is 16.2 Å². The van der Waals surface area contributed by atoms with E-state index in [1.807, 2.05) is 6.92 Å². The molecule has 2 aromatic rings. The third kappa shape index (κ3) is 4.74. The van der Waals surface area contributed by atoms with Gasteiger partial charge in [0.25, 0.3) is 5.91 Å². The summed E-state index contributed by atoms with van der Waals surface area (Å²) in [4.78, 5) is 35.2. The molecule has 34 heavy (non-hydrogen) atoms. The fourth-order valence-corrected chi connectivity index (χ4v) is 7.16. The highest BCUT2D eigenvalue weighted by Crippen LogP contribution is 2.57. The van der Waals surface area contributed by atoms with E-state index in [0.29, 0.717) is 23.8 Å². The first-order chi connectivity index (χ1) is 16.2. The lowest BCUT2D eigenvalue weighted by Crippen LogP contribution is -2.53. The first-order valence-corrected chi connectivity index (χ1v) is 12.7. The summed E-state index contributed by atoms with van der Waals surface area (Å²) < 4.78 is 5.02. The second kappa shape index (κ2) is 10.1. The monoisotopic (exact) mass is 486 g/mol. The van der Waals surface area contributed by atoms with Crippen LogP contribution in [0.3, 0.4) is 0 Å². The minimum atomic E-state index is -0.596. The van der Waals surface area contributed by atoms with Gasteiger partial charge in [-0.05, 0) is 48.6 Å². The van der Waals surface area contributed by atoms with Crippen LogP contribution in [-0.4, -0.2) is 53.3 Å². The number of rotatable bonds is 7. The Hall–Kier alpha value is -2.36. The molecule has 0 bridgehead atoms. The van der Waals surface area contributed by atoms with Gasteiger partial charge in [-0.25, -0.2) is 4.98 Å². The summed E-state index contributed by atoms with van der Waals surface area (Å²) in [5, 5.41) is 17.9. The summed E-state index contributed by atoms with van der Waals surface area (Å²) in [7, 11) is 1.61. The number of aromatic nitrogens is 2. The number of thiazole rings is 1. The number of carbonyl (C=O) groups is 2. The van der Waals surface area contributed by atoms with Gasteiger partial charge in [-0.1, -0.05) is 20.8 Å². The number of hydrogen-bond donors (Lipinski definition) is 3. The molecule has 0 aliphatic heterocycles. The molecule has 2 aliphatic rings. The van der Waals surface area contributed by atoms with E-state index in [9.17, 15) is 14.7 Å². The molecule has 2 aliphatic carbocycles. The molecular formula is C25H34N4O4S. The predicted octanol–water partition coefficient (Wildman–Crippen LogP) is 3.24. The van der Waals surface area contributed by atoms with Crippen molar-refractivity contribution < 1.29 is 19.4 Å². The summed E-state index contributed by atoms with van der Waals surface area (Å²) in [6.07, 6.45) is 5.15. The number of ether oxygens (including phenoxy) is 1. The molecule has 6 atom stereocenters. The summed E-state index contributed by atoms with van der Waals surface area (Å²) in [5.41, 5.74) is 1.41. The first kappa shape index (κ1) is 24.8. The van der Waals surface area contributed by atoms with Gasteiger partial charge in [0.15, 0.2) is 5.13 Å². The van der Waals surface area contributed by atoms with Crippen LogP contribution >= 0.6 is 11.3 Å². The second-order valence-electron chi connectivity index (χ2n) is 9.93. The van der Waals surface area contributed by atoms with Gasteiger partial charge in [-0.2, -0.15) is 0 Å². The minimum absolute atomic E-state index is 0.00109. The number of methoxy groups -OCH3 is 1. The number of carbonyl (C=O) groups excluding carboxylic acids is 2. The van der Waals surface area contributed by atoms with Crippen LogP contribution in [0.1, 0.15) is 60.5 Å². The van der Waals surface area contributed by atoms with Gasteiger partial charge in [-0.15, -0.1) is 11.3 Å². The number of nitrogens with one attached hydrogen (secondary N) is 2. The second-order valence-corrected chi connectivity index (χ2v) is 11.0. The van der Waals surface area contributed by atoms with E-state index in [2.05, 4.69) is 29.5 Å². The molecule has 0 spiro atoms. The average Bonchev–Trinajstić information content (AvgIpc) is 3.21. The van der Waals surface area contributed by atoms with Crippen molar-refractivity contribution in [2.75, 3.05) is 25.6 Å². The van der Waals surface area contributed by atoms with Gasteiger partial charge < -0.3 is 15.2 Å². The number of fused-ring (bicyclic) bond motifs is 2. The number of amides is 2. The normalized spacial score (nSPS) is 29.0. The van der Waals surface area contributed by atoms with Crippen molar-refractivity contribution in [2.45, 2.75) is 52.1 Å². The van der Waals surface area contributed by atoms with Crippen LogP contribution in [0.5, 0.6) is 0 Å². The highest BCUT2D eigenvalue weighted by atomic mass is 32.1. The number of aliphatic hydroxyl groups is 1. The predicted molar refractivity (Wildman–Crippen MR) is 131 cm³/mol. The Morgan fingerprint density at radius 3 is 2.79 bits per heavy atom. The van der Waals surface area contributed by atoms with Gasteiger partial charge >= 0.3 is 0 Å². The highest BCUT2D eigenvalue weighted by molar-refractivity contribution is 7.15. The first-order valence-electron chi connectivity index (χ1n) is 11.9. The van der Waals surface area contributed by atoms with Crippen LogP contribution in [0.2, 0.25) is 0 Å². The maximum atomic E-state index is 12.7. The largest absolute Gasteiger partial charge is 0.392 e. The Morgan fingerprint density at radius 1 is 1.35 bits per heavy atom. The molecule has 1 saturated carbocycles. The molecule has 0 unspecified atom stereocenters. The minimum Gasteiger partial charge on any atom is -0.392 e. The fourth-order valence-electron chi connectivity index (χ4n) is 5.90. The molecule has 0 saturated heterocycles. The van der Waals surface area contributed by atoms with Crippen LogP contribution in [-0.2, 0) is 16.0 Å². The molecule has 184 valence electrons. The van der Waals surface area contributed by atoms with Crippen LogP contribution < -0.4 is 10.6 Å². The number of anilines is 1. The summed E-state index contributed by atoms with van der Waals surface area (Å²) in [6.45, 7) is 7.21. The Labute approximate surface area is 204 Å². The zero-order chi connectivity index (χ0) is 24.5. The summed E-state index contributed by atoms with van der Waals surface area (Å²) >= 11 is 1.52. The van der Waals surface area contributed by atoms with Crippen LogP contribution in [0.15, 0.2) is 24.5 Å². The van der Waals surface area contributed by atoms with Crippen LogP contribution in [0.4, 0.5) is 5.13 Å². The number of aliphatic hydroxyl groups excluding tert-OH is 1. The zero-order valence-electron chi connectivity index (χ0n) is 20.2. The van der Waals surface area contributed by atoms with Crippen LogP contribution in [0.25, 0.3) is 0 Å². The fraction of sp³-hybridized carbons (Fsp3) is 0.600. The van der Waals surface area contributed by atoms with E-state index >= 15 is 0 Å². The van der Waals surface area contributed by atoms with Gasteiger partial charge in [0, 0.05) is 48.3 Å². The molecule has 0 radical (unpaired) electrons. The van der Waals surface area contributed by atoms with Crippen molar-refractivity contribution >= 4 is 28.3 Å². The smallest absolute Gasteiger partial charge is 0.257 e. The van der Waals surface area contributed by atoms with Crippen molar-refractivity contribution in [3.63, 3.8) is 0 Å². The molecule has 2 heterocycles. The van der Waals surface area contributed by atoms with Gasteiger partial charge in [0.05, 0.1) is 18.4 Å². The maximum Gasteiger partial charge on any atom is 0.257 e. The molecule has 3 N–H and O–H groups in total. The van der Waals surface area contributed by atoms with Crippen molar-refractivity contribution in [3.8, 4) is 0 Å². The molecule has 4 rings (SSSR count). The molecule has 2 aromatic heterocycles. The quantitative estimate of drug-likeness (QED) is 0.518. The molecule has 0 aromatic carbocycles. The molecule has 8 nitrogen and oxygen atoms in total. The van der Waals surface area contributed by atoms with Gasteiger partial charge in [0.1, 0.15) is 0 Å². The van der Waals surface area contributed by atoms with E-state index in [-0.39, 0.29) is 40.9 Å². The van der Waals surface area contributed by atoms with E-state index in [0.717, 1.165) is 25.0 Å². The Bertz CT molecular complexity index is 1030. The van der Waals surface area contributed by atoms with E-state index in [4.69, 9.17) is 9.72 Å². The Balaban J connectivity index is 1.51. The standard InChI is InChI=1S/C25H34N4O4S/c1-14(22(31)27-11-12-33-4)17-5-8-25(3)13-18-20(15(2)19(25)21(17)30)28-24(34-18)29-23(32)16-6-9-26-10-7-16/h6-7,9-10,14-15,17,19,21,30H,5,8,11-13H2,1-4H3,(H,27,31)(H,28,29,32)/t14-,15-,17+,19+,21-,25-/m0/s1. The molecular weight excluding hydrogens is 452 g/mol. The van der Waals surface area contributed by atoms with Gasteiger partial charge in [-0.3, -0.25) is 19.9 Å². The van der Waals surface area contributed by atoms with E-state index in [1.54, 1.807) is 31.6 Å². The lowest BCUT2D eigenvalue weighted by atomic mass is 9.53. The van der Waals surface area contributed by atoms with E-state index < -0.39 is 6.10 Å². The van der Waals surface area contributed by atoms with Crippen molar-refractivity contribution in [1.82, 2.24) is 15.3 Å². The topological polar surface area (TPSA) is 113 Å².